The largest absolute Gasteiger partial charge is 0.303 e. The molecule has 1 saturated heterocycles. The van der Waals surface area contributed by atoms with Crippen LogP contribution in [0.5, 0.6) is 0 Å². The van der Waals surface area contributed by atoms with Crippen molar-refractivity contribution < 1.29 is 0 Å². The molecule has 2 rings (SSSR count). The maximum Gasteiger partial charge on any atom is 0.0647 e. The van der Waals surface area contributed by atoms with Crippen molar-refractivity contribution in [3.05, 3.63) is 30.1 Å². The summed E-state index contributed by atoms with van der Waals surface area (Å²) in [5, 5.41) is 6.78. The number of likely N-dealkylation sites (N-methyl/N-ethyl adjacent to an activating group) is 1. The van der Waals surface area contributed by atoms with Gasteiger partial charge in [-0.15, -0.1) is 0 Å². The molecule has 0 spiro atoms. The van der Waals surface area contributed by atoms with Crippen LogP contribution in [0.3, 0.4) is 0 Å². The molecule has 4 heteroatoms. The predicted molar refractivity (Wildman–Crippen MR) is 65.5 cm³/mol. The topological polar surface area (TPSA) is 31.7 Å². The first-order chi connectivity index (χ1) is 7.75. The second-order valence-electron chi connectivity index (χ2n) is 4.18. The molecule has 0 aliphatic carbocycles. The van der Waals surface area contributed by atoms with Crippen molar-refractivity contribution in [2.24, 2.45) is 5.10 Å². The van der Waals surface area contributed by atoms with Crippen LogP contribution in [0.15, 0.2) is 29.6 Å². The Kier molecular flexibility index (Phi) is 3.51. The maximum absolute atomic E-state index is 4.64. The highest BCUT2D eigenvalue weighted by molar-refractivity contribution is 5.98. The fourth-order valence-electron chi connectivity index (χ4n) is 1.76. The van der Waals surface area contributed by atoms with Crippen molar-refractivity contribution in [2.75, 3.05) is 33.2 Å². The molecule has 0 N–H and O–H groups in total. The number of piperazine rings is 1. The summed E-state index contributed by atoms with van der Waals surface area (Å²) in [5.41, 5.74) is 2.21. The number of rotatable bonds is 2. The Hall–Kier alpha value is -1.42. The Bertz CT molecular complexity index is 353. The first kappa shape index (κ1) is 11.1. The summed E-state index contributed by atoms with van der Waals surface area (Å²) in [5.74, 6) is 0. The highest BCUT2D eigenvalue weighted by Gasteiger charge is 2.11. The van der Waals surface area contributed by atoms with E-state index in [0.717, 1.165) is 37.5 Å². The van der Waals surface area contributed by atoms with Gasteiger partial charge in [0, 0.05) is 44.1 Å². The van der Waals surface area contributed by atoms with E-state index >= 15 is 0 Å². The molecule has 4 nitrogen and oxygen atoms in total. The van der Waals surface area contributed by atoms with E-state index in [9.17, 15) is 0 Å². The number of nitrogens with zero attached hydrogens (tertiary/aromatic N) is 4. The van der Waals surface area contributed by atoms with Crippen LogP contribution in [0, 0.1) is 0 Å². The summed E-state index contributed by atoms with van der Waals surface area (Å²) in [6.45, 7) is 6.26. The summed E-state index contributed by atoms with van der Waals surface area (Å²) in [6, 6.07) is 3.99. The average Bonchev–Trinajstić information content (AvgIpc) is 2.33. The van der Waals surface area contributed by atoms with Crippen LogP contribution >= 0.6 is 0 Å². The quantitative estimate of drug-likeness (QED) is 0.695. The minimum absolute atomic E-state index is 1.01. The molecule has 0 aromatic carbocycles. The summed E-state index contributed by atoms with van der Waals surface area (Å²) < 4.78 is 0. The second-order valence-corrected chi connectivity index (χ2v) is 4.18. The molecule has 0 bridgehead atoms. The first-order valence-electron chi connectivity index (χ1n) is 5.65. The van der Waals surface area contributed by atoms with Crippen LogP contribution in [-0.4, -0.2) is 53.8 Å². The van der Waals surface area contributed by atoms with Gasteiger partial charge in [-0.2, -0.15) is 5.10 Å². The number of hydrogen-bond acceptors (Lipinski definition) is 4. The van der Waals surface area contributed by atoms with E-state index in [1.165, 1.54) is 0 Å². The minimum Gasteiger partial charge on any atom is -0.303 e. The monoisotopic (exact) mass is 218 g/mol. The highest BCUT2D eigenvalue weighted by Crippen LogP contribution is 2.04. The smallest absolute Gasteiger partial charge is 0.0647 e. The molecule has 0 saturated carbocycles. The molecular formula is C12H18N4. The van der Waals surface area contributed by atoms with Crippen molar-refractivity contribution in [1.29, 1.82) is 0 Å². The van der Waals surface area contributed by atoms with Crippen molar-refractivity contribution in [3.8, 4) is 0 Å². The van der Waals surface area contributed by atoms with E-state index in [2.05, 4.69) is 27.0 Å². The van der Waals surface area contributed by atoms with Gasteiger partial charge in [-0.1, -0.05) is 0 Å². The van der Waals surface area contributed by atoms with E-state index in [0.29, 0.717) is 0 Å². The summed E-state index contributed by atoms with van der Waals surface area (Å²) >= 11 is 0. The Morgan fingerprint density at radius 2 is 1.81 bits per heavy atom. The standard InChI is InChI=1S/C12H18N4/c1-11(12-3-5-13-6-4-12)14-16-9-7-15(2)8-10-16/h3-6H,7-10H2,1-2H3/b14-11+. The van der Waals surface area contributed by atoms with Gasteiger partial charge in [0.15, 0.2) is 0 Å². The fourth-order valence-corrected chi connectivity index (χ4v) is 1.76. The Morgan fingerprint density at radius 3 is 2.44 bits per heavy atom. The lowest BCUT2D eigenvalue weighted by molar-refractivity contribution is 0.159. The highest BCUT2D eigenvalue weighted by atomic mass is 15.5. The lowest BCUT2D eigenvalue weighted by Crippen LogP contribution is -2.42. The van der Waals surface area contributed by atoms with Crippen LogP contribution in [-0.2, 0) is 0 Å². The zero-order chi connectivity index (χ0) is 11.4. The molecule has 0 amide bonds. The number of aromatic nitrogens is 1. The van der Waals surface area contributed by atoms with Gasteiger partial charge < -0.3 is 4.90 Å². The van der Waals surface area contributed by atoms with Gasteiger partial charge in [0.2, 0.25) is 0 Å². The van der Waals surface area contributed by atoms with E-state index < -0.39 is 0 Å². The van der Waals surface area contributed by atoms with Gasteiger partial charge in [-0.3, -0.25) is 9.99 Å². The van der Waals surface area contributed by atoms with Crippen LogP contribution in [0.1, 0.15) is 12.5 Å². The molecule has 16 heavy (non-hydrogen) atoms. The Morgan fingerprint density at radius 1 is 1.19 bits per heavy atom. The van der Waals surface area contributed by atoms with E-state index in [1.54, 1.807) is 12.4 Å². The minimum atomic E-state index is 1.01. The van der Waals surface area contributed by atoms with Gasteiger partial charge >= 0.3 is 0 Å². The lowest BCUT2D eigenvalue weighted by atomic mass is 10.2. The van der Waals surface area contributed by atoms with Crippen LogP contribution in [0.4, 0.5) is 0 Å². The average molecular weight is 218 g/mol. The van der Waals surface area contributed by atoms with Gasteiger partial charge in [-0.05, 0) is 26.1 Å². The normalized spacial score (nSPS) is 18.9. The third-order valence-electron chi connectivity index (χ3n) is 2.87. The molecule has 0 radical (unpaired) electrons. The molecule has 1 fully saturated rings. The zero-order valence-electron chi connectivity index (χ0n) is 9.93. The van der Waals surface area contributed by atoms with Crippen LogP contribution in [0.2, 0.25) is 0 Å². The van der Waals surface area contributed by atoms with Crippen molar-refractivity contribution >= 4 is 5.71 Å². The Labute approximate surface area is 96.6 Å². The van der Waals surface area contributed by atoms with Gasteiger partial charge in [0.05, 0.1) is 5.71 Å². The number of hydrogen-bond donors (Lipinski definition) is 0. The molecule has 2 heterocycles. The van der Waals surface area contributed by atoms with Crippen LogP contribution < -0.4 is 0 Å². The molecule has 1 aromatic heterocycles. The molecule has 86 valence electrons. The van der Waals surface area contributed by atoms with Crippen LogP contribution in [0.25, 0.3) is 0 Å². The molecule has 0 atom stereocenters. The molecule has 1 aliphatic rings. The molecule has 1 aromatic rings. The van der Waals surface area contributed by atoms with Gasteiger partial charge in [-0.25, -0.2) is 0 Å². The van der Waals surface area contributed by atoms with E-state index in [-0.39, 0.29) is 0 Å². The molecular weight excluding hydrogens is 200 g/mol. The third-order valence-corrected chi connectivity index (χ3v) is 2.87. The van der Waals surface area contributed by atoms with E-state index in [1.807, 2.05) is 19.1 Å². The number of pyridine rings is 1. The van der Waals surface area contributed by atoms with E-state index in [4.69, 9.17) is 0 Å². The zero-order valence-corrected chi connectivity index (χ0v) is 9.93. The van der Waals surface area contributed by atoms with Crippen molar-refractivity contribution in [3.63, 3.8) is 0 Å². The maximum atomic E-state index is 4.64. The number of hydrazone groups is 1. The first-order valence-corrected chi connectivity index (χ1v) is 5.65. The predicted octanol–water partition coefficient (Wildman–Crippen LogP) is 1.05. The Balaban J connectivity index is 2.02. The molecule has 0 unspecified atom stereocenters. The van der Waals surface area contributed by atoms with Gasteiger partial charge in [0.1, 0.15) is 0 Å². The fraction of sp³-hybridized carbons (Fsp3) is 0.500. The lowest BCUT2D eigenvalue weighted by Gasteiger charge is -2.30. The summed E-state index contributed by atoms with van der Waals surface area (Å²) in [7, 11) is 2.15. The third kappa shape index (κ3) is 2.79. The SMILES string of the molecule is C/C(=N\N1CCN(C)CC1)c1ccncc1. The summed E-state index contributed by atoms with van der Waals surface area (Å²) in [4.78, 5) is 6.34. The van der Waals surface area contributed by atoms with Crippen molar-refractivity contribution in [2.45, 2.75) is 6.92 Å². The second kappa shape index (κ2) is 5.07. The van der Waals surface area contributed by atoms with Crippen molar-refractivity contribution in [1.82, 2.24) is 14.9 Å². The molecule has 1 aliphatic heterocycles. The van der Waals surface area contributed by atoms with Gasteiger partial charge in [0.25, 0.3) is 0 Å². The summed E-state index contributed by atoms with van der Waals surface area (Å²) in [6.07, 6.45) is 3.61.